The van der Waals surface area contributed by atoms with Crippen molar-refractivity contribution in [1.82, 2.24) is 4.98 Å². The molecule has 15 heteroatoms. The van der Waals surface area contributed by atoms with Gasteiger partial charge in [-0.2, -0.15) is 13.2 Å². The number of amides is 2. The van der Waals surface area contributed by atoms with E-state index in [1.165, 1.54) is 24.3 Å². The highest BCUT2D eigenvalue weighted by atomic mass is 35.5. The Kier molecular flexibility index (Phi) is 7.30. The Bertz CT molecular complexity index is 1840. The maximum absolute atomic E-state index is 14.0. The largest absolute Gasteiger partial charge is 0.489 e. The van der Waals surface area contributed by atoms with Crippen LogP contribution in [0, 0.1) is 16.0 Å². The first kappa shape index (κ1) is 29.0. The topological polar surface area (TPSA) is 123 Å². The number of aromatic amines is 1. The van der Waals surface area contributed by atoms with Gasteiger partial charge in [0.15, 0.2) is 0 Å². The molecule has 0 aliphatic carbocycles. The number of carbonyl (C=O) groups excluding carboxylic acids is 2. The van der Waals surface area contributed by atoms with E-state index in [1.807, 2.05) is 0 Å². The highest BCUT2D eigenvalue weighted by molar-refractivity contribution is 8.00. The number of benzene rings is 3. The van der Waals surface area contributed by atoms with Gasteiger partial charge in [0.05, 0.1) is 27.1 Å². The summed E-state index contributed by atoms with van der Waals surface area (Å²) in [5.41, 5.74) is -1.28. The molecule has 0 radical (unpaired) electrons. The van der Waals surface area contributed by atoms with E-state index in [2.05, 4.69) is 4.98 Å². The normalized spacial score (nSPS) is 19.7. The Morgan fingerprint density at radius 1 is 1.02 bits per heavy atom. The molecular formula is C28H17ClF3N3O6S2. The van der Waals surface area contributed by atoms with Crippen molar-refractivity contribution in [3.63, 3.8) is 0 Å². The minimum atomic E-state index is -4.86. The zero-order valence-corrected chi connectivity index (χ0v) is 23.9. The zero-order chi connectivity index (χ0) is 30.6. The fourth-order valence-electron chi connectivity index (χ4n) is 5.26. The number of carbonyl (C=O) groups is 2. The fourth-order valence-corrected chi connectivity index (χ4v) is 7.90. The van der Waals surface area contributed by atoms with Crippen LogP contribution in [0.3, 0.4) is 0 Å². The second-order valence-corrected chi connectivity index (χ2v) is 12.3. The van der Waals surface area contributed by atoms with Gasteiger partial charge >= 0.3 is 11.0 Å². The lowest BCUT2D eigenvalue weighted by molar-refractivity contribution is -0.385. The van der Waals surface area contributed by atoms with Crippen LogP contribution in [-0.4, -0.2) is 27.0 Å². The van der Waals surface area contributed by atoms with Crippen LogP contribution in [0.25, 0.3) is 0 Å². The van der Waals surface area contributed by atoms with Crippen LogP contribution in [-0.2, 0) is 22.4 Å². The van der Waals surface area contributed by atoms with Crippen molar-refractivity contribution in [3.8, 4) is 5.75 Å². The van der Waals surface area contributed by atoms with Gasteiger partial charge in [0.25, 0.3) is 5.69 Å². The first-order chi connectivity index (χ1) is 20.4. The lowest BCUT2D eigenvalue weighted by Crippen LogP contribution is -2.33. The van der Waals surface area contributed by atoms with Crippen molar-refractivity contribution < 1.29 is 32.4 Å². The summed E-state index contributed by atoms with van der Waals surface area (Å²) in [5.74, 6) is -4.10. The van der Waals surface area contributed by atoms with Gasteiger partial charge < -0.3 is 9.72 Å². The molecule has 2 aliphatic heterocycles. The first-order valence-electron chi connectivity index (χ1n) is 12.5. The number of anilines is 1. The molecule has 1 saturated heterocycles. The molecule has 0 bridgehead atoms. The summed E-state index contributed by atoms with van der Waals surface area (Å²) >= 11 is 7.59. The number of thiazole rings is 1. The Labute approximate surface area is 253 Å². The number of hydrogen-bond donors (Lipinski definition) is 1. The number of thioether (sulfide) groups is 1. The SMILES string of the molecule is O=C1C2Sc3[nH]c(=O)sc3C(c3cc([N+](=O)[O-])ccc3OCc3ccc(Cl)cc3)C2C(=O)N1c1ccccc1C(F)(F)F. The molecule has 0 saturated carbocycles. The summed E-state index contributed by atoms with van der Waals surface area (Å²) in [7, 11) is 0. The highest BCUT2D eigenvalue weighted by Crippen LogP contribution is 2.55. The number of nitrogens with zero attached hydrogens (tertiary/aromatic N) is 2. The number of fused-ring (bicyclic) bond motifs is 2. The third-order valence-electron chi connectivity index (χ3n) is 7.12. The van der Waals surface area contributed by atoms with E-state index in [4.69, 9.17) is 16.3 Å². The quantitative estimate of drug-likeness (QED) is 0.146. The van der Waals surface area contributed by atoms with E-state index in [0.29, 0.717) is 20.4 Å². The molecule has 2 amide bonds. The number of non-ortho nitro benzene ring substituents is 1. The number of alkyl halides is 3. The van der Waals surface area contributed by atoms with Gasteiger partial charge in [0, 0.05) is 33.5 Å². The summed E-state index contributed by atoms with van der Waals surface area (Å²) < 4.78 is 47.8. The smallest absolute Gasteiger partial charge is 0.418 e. The van der Waals surface area contributed by atoms with E-state index >= 15 is 0 Å². The Hall–Kier alpha value is -4.14. The van der Waals surface area contributed by atoms with Crippen LogP contribution in [0.15, 0.2) is 76.6 Å². The number of nitrogens with one attached hydrogen (secondary N) is 1. The van der Waals surface area contributed by atoms with E-state index in [0.717, 1.165) is 41.3 Å². The van der Waals surface area contributed by atoms with Gasteiger partial charge in [0.1, 0.15) is 17.6 Å². The summed E-state index contributed by atoms with van der Waals surface area (Å²) in [4.78, 5) is 54.3. The molecule has 2 aliphatic rings. The molecule has 43 heavy (non-hydrogen) atoms. The molecule has 3 aromatic carbocycles. The van der Waals surface area contributed by atoms with Crippen molar-refractivity contribution in [2.45, 2.75) is 29.0 Å². The van der Waals surface area contributed by atoms with Crippen molar-refractivity contribution >= 4 is 57.9 Å². The molecule has 9 nitrogen and oxygen atoms in total. The number of aromatic nitrogens is 1. The van der Waals surface area contributed by atoms with Crippen molar-refractivity contribution in [2.24, 2.45) is 5.92 Å². The number of imide groups is 1. The molecule has 6 rings (SSSR count). The monoisotopic (exact) mass is 647 g/mol. The van der Waals surface area contributed by atoms with E-state index in [9.17, 15) is 37.7 Å². The van der Waals surface area contributed by atoms with E-state index < -0.39 is 56.1 Å². The molecule has 1 aromatic heterocycles. The van der Waals surface area contributed by atoms with Crippen LogP contribution in [0.4, 0.5) is 24.5 Å². The average molecular weight is 648 g/mol. The third kappa shape index (κ3) is 5.19. The fraction of sp³-hybridized carbons (Fsp3) is 0.179. The maximum Gasteiger partial charge on any atom is 0.418 e. The minimum Gasteiger partial charge on any atom is -0.489 e. The number of H-pyrrole nitrogens is 1. The van der Waals surface area contributed by atoms with Crippen LogP contribution < -0.4 is 14.5 Å². The second-order valence-electron chi connectivity index (χ2n) is 9.67. The number of rotatable bonds is 6. The third-order valence-corrected chi connectivity index (χ3v) is 9.77. The van der Waals surface area contributed by atoms with Gasteiger partial charge in [-0.25, -0.2) is 4.90 Å². The predicted molar refractivity (Wildman–Crippen MR) is 153 cm³/mol. The number of hydrogen-bond acceptors (Lipinski definition) is 8. The standard InChI is InChI=1S/C28H17ClF3N3O6S2/c29-14-7-5-13(6-8-14)12-41-19-10-9-15(35(39)40)11-16(19)20-21-23(42-24-22(20)43-27(38)33-24)26(37)34(25(21)36)18-4-2-1-3-17(18)28(30,31)32/h1-11,20-21,23H,12H2,(H,33,38). The number of halogens is 4. The number of nitro benzene ring substituents is 1. The molecule has 3 unspecified atom stereocenters. The minimum absolute atomic E-state index is 0.00569. The number of para-hydroxylation sites is 1. The Morgan fingerprint density at radius 3 is 2.44 bits per heavy atom. The lowest BCUT2D eigenvalue weighted by atomic mass is 9.82. The summed E-state index contributed by atoms with van der Waals surface area (Å²) in [5, 5.41) is 11.3. The van der Waals surface area contributed by atoms with Gasteiger partial charge in [-0.15, -0.1) is 0 Å². The average Bonchev–Trinajstić information content (AvgIpc) is 3.46. The van der Waals surface area contributed by atoms with Crippen LogP contribution in [0.2, 0.25) is 5.02 Å². The summed E-state index contributed by atoms with van der Waals surface area (Å²) in [6, 6.07) is 14.8. The second kappa shape index (κ2) is 10.8. The van der Waals surface area contributed by atoms with Crippen molar-refractivity contribution in [1.29, 1.82) is 0 Å². The molecule has 4 aromatic rings. The molecule has 220 valence electrons. The van der Waals surface area contributed by atoms with Crippen molar-refractivity contribution in [2.75, 3.05) is 4.90 Å². The summed E-state index contributed by atoms with van der Waals surface area (Å²) in [6.07, 6.45) is -4.86. The zero-order valence-electron chi connectivity index (χ0n) is 21.5. The Balaban J connectivity index is 1.49. The van der Waals surface area contributed by atoms with Crippen LogP contribution in [0.5, 0.6) is 5.75 Å². The van der Waals surface area contributed by atoms with Gasteiger partial charge in [-0.05, 0) is 35.9 Å². The first-order valence-corrected chi connectivity index (χ1v) is 14.6. The molecule has 3 heterocycles. The van der Waals surface area contributed by atoms with E-state index in [-0.39, 0.29) is 28.6 Å². The number of nitro groups is 1. The lowest BCUT2D eigenvalue weighted by Gasteiger charge is -2.30. The predicted octanol–water partition coefficient (Wildman–Crippen LogP) is 6.39. The van der Waals surface area contributed by atoms with Gasteiger partial charge in [-0.3, -0.25) is 24.5 Å². The van der Waals surface area contributed by atoms with Gasteiger partial charge in [0.2, 0.25) is 11.8 Å². The highest BCUT2D eigenvalue weighted by Gasteiger charge is 2.58. The van der Waals surface area contributed by atoms with Gasteiger partial charge in [-0.1, -0.05) is 59.0 Å². The molecule has 1 fully saturated rings. The Morgan fingerprint density at radius 2 is 1.74 bits per heavy atom. The summed E-state index contributed by atoms with van der Waals surface area (Å²) in [6.45, 7) is 0.00569. The molecular weight excluding hydrogens is 631 g/mol. The van der Waals surface area contributed by atoms with Crippen LogP contribution in [0.1, 0.15) is 27.5 Å². The maximum atomic E-state index is 14.0. The van der Waals surface area contributed by atoms with E-state index in [1.54, 1.807) is 24.3 Å². The number of ether oxygens (including phenoxy) is 1. The molecule has 1 N–H and O–H groups in total. The molecule has 0 spiro atoms. The van der Waals surface area contributed by atoms with Crippen molar-refractivity contribution in [3.05, 3.63) is 113 Å². The van der Waals surface area contributed by atoms with Crippen LogP contribution >= 0.6 is 34.7 Å². The molecule has 3 atom stereocenters.